The average Bonchev–Trinajstić information content (AvgIpc) is 2.59. The van der Waals surface area contributed by atoms with Crippen molar-refractivity contribution in [1.82, 2.24) is 9.97 Å². The van der Waals surface area contributed by atoms with Gasteiger partial charge in [-0.05, 0) is 36.4 Å². The third-order valence-corrected chi connectivity index (χ3v) is 4.65. The number of rotatable bonds is 4. The summed E-state index contributed by atoms with van der Waals surface area (Å²) in [5.41, 5.74) is 0.402. The Morgan fingerprint density at radius 1 is 1.12 bits per heavy atom. The second kappa shape index (κ2) is 6.48. The number of aromatic amines is 1. The van der Waals surface area contributed by atoms with Gasteiger partial charge in [-0.25, -0.2) is 18.2 Å². The van der Waals surface area contributed by atoms with Crippen LogP contribution in [0.2, 0.25) is 0 Å². The third kappa shape index (κ3) is 3.74. The topological polar surface area (TPSA) is 106 Å². The van der Waals surface area contributed by atoms with Crippen molar-refractivity contribution in [2.45, 2.75) is 11.5 Å². The first kappa shape index (κ1) is 16.8. The van der Waals surface area contributed by atoms with E-state index in [1.165, 1.54) is 24.3 Å². The lowest BCUT2D eigenvalue weighted by atomic mass is 10.2. The zero-order chi connectivity index (χ0) is 18.0. The molecule has 0 unspecified atom stereocenters. The minimum Gasteiger partial charge on any atom is -0.454 e. The molecule has 0 aliphatic heterocycles. The third-order valence-electron chi connectivity index (χ3n) is 3.52. The molecule has 3 rings (SSSR count). The molecule has 0 atom stereocenters. The van der Waals surface area contributed by atoms with Gasteiger partial charge < -0.3 is 9.72 Å². The minimum atomic E-state index is -3.33. The van der Waals surface area contributed by atoms with Crippen molar-refractivity contribution in [2.75, 3.05) is 6.26 Å². The van der Waals surface area contributed by atoms with Crippen LogP contribution in [0.15, 0.2) is 58.2 Å². The second-order valence-corrected chi connectivity index (χ2v) is 7.42. The predicted octanol–water partition coefficient (Wildman–Crippen LogP) is 1.68. The van der Waals surface area contributed by atoms with Gasteiger partial charge >= 0.3 is 5.97 Å². The van der Waals surface area contributed by atoms with E-state index in [1.807, 2.05) is 0 Å². The van der Waals surface area contributed by atoms with E-state index in [0.717, 1.165) is 6.26 Å². The molecule has 3 aromatic rings. The van der Waals surface area contributed by atoms with Gasteiger partial charge in [0.1, 0.15) is 12.4 Å². The molecule has 128 valence electrons. The summed E-state index contributed by atoms with van der Waals surface area (Å²) >= 11 is 0. The van der Waals surface area contributed by atoms with Gasteiger partial charge in [0.15, 0.2) is 9.84 Å². The lowest BCUT2D eigenvalue weighted by Crippen LogP contribution is -2.14. The molecular weight excluding hydrogens is 344 g/mol. The summed E-state index contributed by atoms with van der Waals surface area (Å²) < 4.78 is 27.9. The second-order valence-electron chi connectivity index (χ2n) is 5.40. The van der Waals surface area contributed by atoms with Crippen molar-refractivity contribution in [2.24, 2.45) is 0 Å². The first-order valence-electron chi connectivity index (χ1n) is 7.30. The van der Waals surface area contributed by atoms with E-state index < -0.39 is 15.8 Å². The van der Waals surface area contributed by atoms with E-state index in [0.29, 0.717) is 10.9 Å². The summed E-state index contributed by atoms with van der Waals surface area (Å²) in [6.07, 6.45) is 1.09. The zero-order valence-electron chi connectivity index (χ0n) is 13.2. The Morgan fingerprint density at radius 3 is 2.48 bits per heavy atom. The Balaban J connectivity index is 1.75. The summed E-state index contributed by atoms with van der Waals surface area (Å²) in [5.74, 6) is -0.416. The first-order valence-corrected chi connectivity index (χ1v) is 9.19. The number of esters is 1. The highest BCUT2D eigenvalue weighted by Crippen LogP contribution is 2.12. The molecule has 1 heterocycles. The summed E-state index contributed by atoms with van der Waals surface area (Å²) in [4.78, 5) is 30.9. The molecule has 0 aliphatic rings. The number of H-pyrrole nitrogens is 1. The molecule has 0 saturated carbocycles. The van der Waals surface area contributed by atoms with Crippen molar-refractivity contribution >= 4 is 26.7 Å². The van der Waals surface area contributed by atoms with Crippen LogP contribution in [0.25, 0.3) is 10.9 Å². The standard InChI is InChI=1S/C17H14N2O5S/c1-25(22,23)12-8-6-11(7-9-12)17(21)24-10-15-18-14-5-3-2-4-13(14)16(20)19-15/h2-9H,10H2,1H3,(H,18,19,20). The SMILES string of the molecule is CS(=O)(=O)c1ccc(C(=O)OCc2nc3ccccc3c(=O)[nH]2)cc1. The van der Waals surface area contributed by atoms with Crippen LogP contribution in [0, 0.1) is 0 Å². The van der Waals surface area contributed by atoms with Crippen LogP contribution in [-0.2, 0) is 21.2 Å². The molecule has 0 amide bonds. The highest BCUT2D eigenvalue weighted by atomic mass is 32.2. The van der Waals surface area contributed by atoms with Crippen molar-refractivity contribution in [3.8, 4) is 0 Å². The van der Waals surface area contributed by atoms with Gasteiger partial charge in [0.25, 0.3) is 5.56 Å². The Hall–Kier alpha value is -3.00. The maximum Gasteiger partial charge on any atom is 0.338 e. The van der Waals surface area contributed by atoms with E-state index in [9.17, 15) is 18.0 Å². The summed E-state index contributed by atoms with van der Waals surface area (Å²) in [5, 5.41) is 0.453. The minimum absolute atomic E-state index is 0.115. The number of carbonyl (C=O) groups excluding carboxylic acids is 1. The van der Waals surface area contributed by atoms with Gasteiger partial charge in [0.2, 0.25) is 0 Å². The Morgan fingerprint density at radius 2 is 1.80 bits per heavy atom. The summed E-state index contributed by atoms with van der Waals surface area (Å²) in [6, 6.07) is 12.3. The Kier molecular flexibility index (Phi) is 4.37. The molecular formula is C17H14N2O5S. The maximum absolute atomic E-state index is 12.0. The molecule has 0 aliphatic carbocycles. The largest absolute Gasteiger partial charge is 0.454 e. The number of nitrogens with one attached hydrogen (secondary N) is 1. The molecule has 0 spiro atoms. The quantitative estimate of drug-likeness (QED) is 0.711. The van der Waals surface area contributed by atoms with Crippen LogP contribution in [-0.4, -0.2) is 30.6 Å². The molecule has 0 saturated heterocycles. The molecule has 0 radical (unpaired) electrons. The number of sulfone groups is 1. The van der Waals surface area contributed by atoms with Crippen LogP contribution >= 0.6 is 0 Å². The molecule has 7 nitrogen and oxygen atoms in total. The van der Waals surface area contributed by atoms with Crippen molar-refractivity contribution < 1.29 is 17.9 Å². The van der Waals surface area contributed by atoms with Gasteiger partial charge in [-0.15, -0.1) is 0 Å². The molecule has 8 heteroatoms. The van der Waals surface area contributed by atoms with E-state index in [-0.39, 0.29) is 28.4 Å². The fourth-order valence-electron chi connectivity index (χ4n) is 2.26. The smallest absolute Gasteiger partial charge is 0.338 e. The lowest BCUT2D eigenvalue weighted by molar-refractivity contribution is 0.0462. The molecule has 2 aromatic carbocycles. The number of carbonyl (C=O) groups is 1. The number of benzene rings is 2. The van der Waals surface area contributed by atoms with Gasteiger partial charge in [-0.1, -0.05) is 12.1 Å². The van der Waals surface area contributed by atoms with E-state index in [1.54, 1.807) is 24.3 Å². The number of ether oxygens (including phenoxy) is 1. The lowest BCUT2D eigenvalue weighted by Gasteiger charge is -2.06. The number of fused-ring (bicyclic) bond motifs is 1. The molecule has 1 aromatic heterocycles. The van der Waals surface area contributed by atoms with Crippen molar-refractivity contribution in [3.05, 3.63) is 70.3 Å². The van der Waals surface area contributed by atoms with Gasteiger partial charge in [-0.2, -0.15) is 0 Å². The number of aromatic nitrogens is 2. The number of hydrogen-bond acceptors (Lipinski definition) is 6. The van der Waals surface area contributed by atoms with Crippen LogP contribution in [0.3, 0.4) is 0 Å². The normalized spacial score (nSPS) is 11.4. The maximum atomic E-state index is 12.0. The van der Waals surface area contributed by atoms with Gasteiger partial charge in [-0.3, -0.25) is 4.79 Å². The van der Waals surface area contributed by atoms with Crippen molar-refractivity contribution in [1.29, 1.82) is 0 Å². The monoisotopic (exact) mass is 358 g/mol. The van der Waals surface area contributed by atoms with E-state index in [4.69, 9.17) is 4.74 Å². The zero-order valence-corrected chi connectivity index (χ0v) is 14.0. The molecule has 25 heavy (non-hydrogen) atoms. The number of hydrogen-bond donors (Lipinski definition) is 1. The van der Waals surface area contributed by atoms with Crippen LogP contribution in [0.4, 0.5) is 0 Å². The van der Waals surface area contributed by atoms with E-state index in [2.05, 4.69) is 9.97 Å². The summed E-state index contributed by atoms with van der Waals surface area (Å²) in [6.45, 7) is -0.202. The Labute approximate surface area is 143 Å². The first-order chi connectivity index (χ1) is 11.8. The molecule has 0 fully saturated rings. The molecule has 0 bridgehead atoms. The van der Waals surface area contributed by atoms with Gasteiger partial charge in [0.05, 0.1) is 21.4 Å². The molecule has 1 N–H and O–H groups in total. The summed E-state index contributed by atoms with van der Waals surface area (Å²) in [7, 11) is -3.33. The van der Waals surface area contributed by atoms with Crippen LogP contribution in [0.1, 0.15) is 16.2 Å². The number of nitrogens with zero attached hydrogens (tertiary/aromatic N) is 1. The highest BCUT2D eigenvalue weighted by Gasteiger charge is 2.12. The fraction of sp³-hybridized carbons (Fsp3) is 0.118. The van der Waals surface area contributed by atoms with E-state index >= 15 is 0 Å². The average molecular weight is 358 g/mol. The fourth-order valence-corrected chi connectivity index (χ4v) is 2.89. The van der Waals surface area contributed by atoms with Gasteiger partial charge in [0, 0.05) is 6.26 Å². The number of para-hydroxylation sites is 1. The predicted molar refractivity (Wildman–Crippen MR) is 91.0 cm³/mol. The van der Waals surface area contributed by atoms with Crippen LogP contribution < -0.4 is 5.56 Å². The highest BCUT2D eigenvalue weighted by molar-refractivity contribution is 7.90. The Bertz CT molecular complexity index is 1100. The van der Waals surface area contributed by atoms with Crippen molar-refractivity contribution in [3.63, 3.8) is 0 Å². The van der Waals surface area contributed by atoms with Crippen LogP contribution in [0.5, 0.6) is 0 Å².